The molecule has 10 heteroatoms. The highest BCUT2D eigenvalue weighted by Gasteiger charge is 1.94. The van der Waals surface area contributed by atoms with Crippen LogP contribution in [0.1, 0.15) is 0 Å². The molecule has 4 aromatic rings. The highest BCUT2D eigenvalue weighted by molar-refractivity contribution is 7.71. The summed E-state index contributed by atoms with van der Waals surface area (Å²) in [5.41, 5.74) is 2.99. The van der Waals surface area contributed by atoms with Crippen molar-refractivity contribution in [3.05, 3.63) is 34.5 Å². The van der Waals surface area contributed by atoms with E-state index in [4.69, 9.17) is 24.4 Å². The molecule has 0 fully saturated rings. The van der Waals surface area contributed by atoms with Crippen molar-refractivity contribution in [3.63, 3.8) is 0 Å². The molecule has 0 aliphatic rings. The molecule has 0 saturated carbocycles. The highest BCUT2D eigenvalue weighted by Crippen LogP contribution is 2.01. The Kier molecular flexibility index (Phi) is 3.31. The van der Waals surface area contributed by atoms with Crippen molar-refractivity contribution in [2.24, 2.45) is 0 Å². The first-order valence-corrected chi connectivity index (χ1v) is 6.31. The maximum atomic E-state index is 4.83. The Bertz CT molecular complexity index is 810. The highest BCUT2D eigenvalue weighted by atomic mass is 32.1. The maximum absolute atomic E-state index is 4.83. The molecule has 0 atom stereocenters. The Hall–Kier alpha value is -2.46. The van der Waals surface area contributed by atoms with Gasteiger partial charge in [-0.2, -0.15) is 0 Å². The topological polar surface area (TPSA) is 115 Å². The van der Waals surface area contributed by atoms with Crippen LogP contribution in [0, 0.1) is 9.54 Å². The van der Waals surface area contributed by atoms with E-state index in [0.29, 0.717) is 20.8 Å². The van der Waals surface area contributed by atoms with Crippen LogP contribution in [-0.2, 0) is 0 Å². The van der Waals surface area contributed by atoms with Crippen LogP contribution in [0.4, 0.5) is 0 Å². The summed E-state index contributed by atoms with van der Waals surface area (Å²) in [6.07, 6.45) is 6.37. The summed E-state index contributed by atoms with van der Waals surface area (Å²) in [5, 5.41) is 0. The molecule has 0 bridgehead atoms. The number of nitrogens with one attached hydrogen (secondary N) is 4. The predicted molar refractivity (Wildman–Crippen MR) is 78.1 cm³/mol. The van der Waals surface area contributed by atoms with E-state index < -0.39 is 0 Å². The fourth-order valence-corrected chi connectivity index (χ4v) is 1.95. The van der Waals surface area contributed by atoms with E-state index in [1.165, 1.54) is 6.33 Å². The third kappa shape index (κ3) is 2.60. The quantitative estimate of drug-likeness (QED) is 0.370. The van der Waals surface area contributed by atoms with Gasteiger partial charge in [0.25, 0.3) is 0 Å². The van der Waals surface area contributed by atoms with Crippen LogP contribution >= 0.6 is 24.4 Å². The van der Waals surface area contributed by atoms with Crippen LogP contribution < -0.4 is 0 Å². The van der Waals surface area contributed by atoms with E-state index in [2.05, 4.69) is 39.9 Å². The fourth-order valence-electron chi connectivity index (χ4n) is 1.55. The van der Waals surface area contributed by atoms with Crippen molar-refractivity contribution >= 4 is 46.9 Å². The van der Waals surface area contributed by atoms with Crippen LogP contribution in [0.2, 0.25) is 0 Å². The fraction of sp³-hybridized carbons (Fsp3) is 0. The van der Waals surface area contributed by atoms with Gasteiger partial charge in [-0.15, -0.1) is 0 Å². The van der Waals surface area contributed by atoms with Crippen molar-refractivity contribution in [1.82, 2.24) is 39.9 Å². The number of nitrogens with zero attached hydrogens (tertiary/aromatic N) is 4. The third-order valence-corrected chi connectivity index (χ3v) is 2.76. The summed E-state index contributed by atoms with van der Waals surface area (Å²) in [7, 11) is 0. The monoisotopic (exact) mass is 304 g/mol. The lowest BCUT2D eigenvalue weighted by Crippen LogP contribution is -1.77. The molecule has 4 aromatic heterocycles. The van der Waals surface area contributed by atoms with E-state index in [0.717, 1.165) is 11.2 Å². The number of imidazole rings is 2. The Morgan fingerprint density at radius 1 is 0.750 bits per heavy atom. The first kappa shape index (κ1) is 12.6. The van der Waals surface area contributed by atoms with Gasteiger partial charge in [0.05, 0.1) is 6.20 Å². The summed E-state index contributed by atoms with van der Waals surface area (Å²) in [6.45, 7) is 0. The van der Waals surface area contributed by atoms with Gasteiger partial charge < -0.3 is 19.9 Å². The standard InChI is InChI=1S/2C5H4N4S/c10-5-8-3-1-6-2-7-4(3)9-5;10-5-8-3-4(9-5)7-2-1-6-3/h2*1-2H,(H2,6,7,8,9,10). The number of hydrogen-bond acceptors (Lipinski definition) is 6. The van der Waals surface area contributed by atoms with Crippen LogP contribution in [0.3, 0.4) is 0 Å². The number of rotatable bonds is 0. The molecule has 0 radical (unpaired) electrons. The van der Waals surface area contributed by atoms with E-state index in [1.54, 1.807) is 18.6 Å². The van der Waals surface area contributed by atoms with Gasteiger partial charge in [-0.05, 0) is 24.4 Å². The number of H-pyrrole nitrogens is 4. The summed E-state index contributed by atoms with van der Waals surface area (Å²) >= 11 is 9.66. The van der Waals surface area contributed by atoms with Gasteiger partial charge in [0.1, 0.15) is 11.8 Å². The van der Waals surface area contributed by atoms with Gasteiger partial charge in [0.15, 0.2) is 26.5 Å². The lowest BCUT2D eigenvalue weighted by atomic mass is 10.6. The zero-order valence-corrected chi connectivity index (χ0v) is 11.5. The molecule has 20 heavy (non-hydrogen) atoms. The van der Waals surface area contributed by atoms with Gasteiger partial charge in [0.2, 0.25) is 0 Å². The summed E-state index contributed by atoms with van der Waals surface area (Å²) in [4.78, 5) is 27.2. The van der Waals surface area contributed by atoms with Crippen molar-refractivity contribution in [3.8, 4) is 0 Å². The summed E-state index contributed by atoms with van der Waals surface area (Å²) in [6, 6.07) is 0. The third-order valence-electron chi connectivity index (χ3n) is 2.35. The van der Waals surface area contributed by atoms with Crippen LogP contribution in [0.15, 0.2) is 24.9 Å². The van der Waals surface area contributed by atoms with Crippen molar-refractivity contribution < 1.29 is 0 Å². The Balaban J connectivity index is 0.000000121. The molecule has 4 heterocycles. The lowest BCUT2D eigenvalue weighted by Gasteiger charge is -1.81. The minimum atomic E-state index is 0.557. The van der Waals surface area contributed by atoms with Gasteiger partial charge in [-0.1, -0.05) is 0 Å². The molecule has 0 aromatic carbocycles. The first-order valence-electron chi connectivity index (χ1n) is 5.49. The maximum Gasteiger partial charge on any atom is 0.177 e. The molecule has 4 N–H and O–H groups in total. The second kappa shape index (κ2) is 5.27. The average molecular weight is 304 g/mol. The number of fused-ring (bicyclic) bond motifs is 2. The average Bonchev–Trinajstić information content (AvgIpc) is 2.99. The predicted octanol–water partition coefficient (Wildman–Crippen LogP) is 2.03. The van der Waals surface area contributed by atoms with Crippen molar-refractivity contribution in [2.45, 2.75) is 0 Å². The molecule has 0 unspecified atom stereocenters. The molecular weight excluding hydrogens is 296 g/mol. The van der Waals surface area contributed by atoms with E-state index in [1.807, 2.05) is 0 Å². The van der Waals surface area contributed by atoms with E-state index >= 15 is 0 Å². The van der Waals surface area contributed by atoms with Gasteiger partial charge in [-0.3, -0.25) is 0 Å². The zero-order chi connectivity index (χ0) is 13.9. The summed E-state index contributed by atoms with van der Waals surface area (Å²) in [5.74, 6) is 0. The second-order valence-corrected chi connectivity index (χ2v) is 4.51. The number of aromatic nitrogens is 8. The van der Waals surface area contributed by atoms with Crippen molar-refractivity contribution in [1.29, 1.82) is 0 Å². The molecular formula is C10H8N8S2. The Labute approximate surface area is 121 Å². The van der Waals surface area contributed by atoms with Crippen LogP contribution in [0.25, 0.3) is 22.5 Å². The molecule has 4 rings (SSSR count). The Morgan fingerprint density at radius 2 is 1.35 bits per heavy atom. The first-order chi connectivity index (χ1) is 9.72. The molecule has 8 nitrogen and oxygen atoms in total. The SMILES string of the molecule is S=c1[nH]c2cncnc2[nH]1.S=c1[nH]c2nccnc2[nH]1. The normalized spacial score (nSPS) is 10.4. The molecule has 0 aliphatic carbocycles. The minimum absolute atomic E-state index is 0.557. The summed E-state index contributed by atoms with van der Waals surface area (Å²) < 4.78 is 1.14. The molecule has 0 aliphatic heterocycles. The second-order valence-electron chi connectivity index (χ2n) is 3.70. The van der Waals surface area contributed by atoms with Gasteiger partial charge in [-0.25, -0.2) is 19.9 Å². The Morgan fingerprint density at radius 3 is 2.00 bits per heavy atom. The number of aromatic amines is 4. The van der Waals surface area contributed by atoms with Gasteiger partial charge in [0, 0.05) is 12.4 Å². The van der Waals surface area contributed by atoms with E-state index in [-0.39, 0.29) is 0 Å². The largest absolute Gasteiger partial charge is 0.328 e. The van der Waals surface area contributed by atoms with Gasteiger partial charge >= 0.3 is 0 Å². The number of hydrogen-bond donors (Lipinski definition) is 4. The smallest absolute Gasteiger partial charge is 0.177 e. The van der Waals surface area contributed by atoms with Crippen molar-refractivity contribution in [2.75, 3.05) is 0 Å². The van der Waals surface area contributed by atoms with Crippen LogP contribution in [-0.4, -0.2) is 39.9 Å². The molecule has 0 saturated heterocycles. The lowest BCUT2D eigenvalue weighted by molar-refractivity contribution is 1.20. The zero-order valence-electron chi connectivity index (χ0n) is 9.91. The molecule has 0 spiro atoms. The molecule has 0 amide bonds. The molecule has 100 valence electrons. The minimum Gasteiger partial charge on any atom is -0.328 e. The van der Waals surface area contributed by atoms with E-state index in [9.17, 15) is 0 Å². The van der Waals surface area contributed by atoms with Crippen LogP contribution in [0.5, 0.6) is 0 Å².